The summed E-state index contributed by atoms with van der Waals surface area (Å²) in [4.78, 5) is 10.9. The largest absolute Gasteiger partial charge is 0.468 e. The Hall–Kier alpha value is -0.440. The van der Waals surface area contributed by atoms with Gasteiger partial charge in [-0.05, 0) is 6.92 Å². The fourth-order valence-corrected chi connectivity index (χ4v) is 2.02. The monoisotopic (exact) mass is 158 g/mol. The van der Waals surface area contributed by atoms with Gasteiger partial charge in [0.25, 0.3) is 0 Å². The van der Waals surface area contributed by atoms with Crippen LogP contribution in [0.2, 0.25) is 0 Å². The Bertz CT molecular complexity index is 174. The van der Waals surface area contributed by atoms with Gasteiger partial charge in [0.2, 0.25) is 0 Å². The summed E-state index contributed by atoms with van der Waals surface area (Å²) < 4.78 is 4.60. The summed E-state index contributed by atoms with van der Waals surface area (Å²) in [5.41, 5.74) is 1.12. The molecule has 1 heterocycles. The maximum Gasteiger partial charge on any atom is 0.322 e. The van der Waals surface area contributed by atoms with Crippen molar-refractivity contribution in [1.29, 1.82) is 0 Å². The summed E-state index contributed by atoms with van der Waals surface area (Å²) >= 11 is 1.62. The van der Waals surface area contributed by atoms with Gasteiger partial charge in [-0.2, -0.15) is 0 Å². The van der Waals surface area contributed by atoms with Crippen LogP contribution in [0.1, 0.15) is 6.92 Å². The first-order valence-corrected chi connectivity index (χ1v) is 4.16. The Morgan fingerprint density at radius 1 is 1.90 bits per heavy atom. The van der Waals surface area contributed by atoms with Crippen molar-refractivity contribution in [1.82, 2.24) is 0 Å². The molecule has 3 heteroatoms. The van der Waals surface area contributed by atoms with Crippen molar-refractivity contribution in [3.05, 3.63) is 11.6 Å². The standard InChI is InChI=1S/C7H10O2S/c1-5-3-4-10-6(5)7(8)9-2/h3,6H,4H2,1-2H3. The van der Waals surface area contributed by atoms with E-state index in [1.807, 2.05) is 6.92 Å². The van der Waals surface area contributed by atoms with Crippen LogP contribution in [0.25, 0.3) is 0 Å². The zero-order chi connectivity index (χ0) is 7.56. The summed E-state index contributed by atoms with van der Waals surface area (Å²) in [6, 6.07) is 0. The molecule has 1 atom stereocenters. The van der Waals surface area contributed by atoms with Crippen molar-refractivity contribution >= 4 is 17.7 Å². The third-order valence-corrected chi connectivity index (χ3v) is 2.75. The van der Waals surface area contributed by atoms with Gasteiger partial charge in [0, 0.05) is 5.75 Å². The lowest BCUT2D eigenvalue weighted by atomic mass is 10.2. The highest BCUT2D eigenvalue weighted by molar-refractivity contribution is 8.01. The van der Waals surface area contributed by atoms with Crippen molar-refractivity contribution in [2.24, 2.45) is 0 Å². The van der Waals surface area contributed by atoms with Crippen LogP contribution in [-0.4, -0.2) is 24.1 Å². The van der Waals surface area contributed by atoms with Crippen LogP contribution in [-0.2, 0) is 9.53 Å². The lowest BCUT2D eigenvalue weighted by Crippen LogP contribution is -2.17. The third-order valence-electron chi connectivity index (χ3n) is 1.50. The average Bonchev–Trinajstić information content (AvgIpc) is 2.34. The van der Waals surface area contributed by atoms with Crippen LogP contribution >= 0.6 is 11.8 Å². The smallest absolute Gasteiger partial charge is 0.322 e. The first-order chi connectivity index (χ1) is 4.75. The summed E-state index contributed by atoms with van der Waals surface area (Å²) in [5.74, 6) is 0.808. The second kappa shape index (κ2) is 3.10. The van der Waals surface area contributed by atoms with E-state index in [1.54, 1.807) is 11.8 Å². The van der Waals surface area contributed by atoms with E-state index in [9.17, 15) is 4.79 Å². The molecule has 1 rings (SSSR count). The second-order valence-corrected chi connectivity index (χ2v) is 3.32. The minimum Gasteiger partial charge on any atom is -0.468 e. The van der Waals surface area contributed by atoms with Gasteiger partial charge in [0.15, 0.2) is 0 Å². The van der Waals surface area contributed by atoms with E-state index in [2.05, 4.69) is 10.8 Å². The number of esters is 1. The van der Waals surface area contributed by atoms with Crippen molar-refractivity contribution in [3.63, 3.8) is 0 Å². The molecule has 2 nitrogen and oxygen atoms in total. The minimum atomic E-state index is -0.128. The lowest BCUT2D eigenvalue weighted by molar-refractivity contribution is -0.139. The number of hydrogen-bond donors (Lipinski definition) is 0. The quantitative estimate of drug-likeness (QED) is 0.424. The number of hydrogen-bond acceptors (Lipinski definition) is 3. The van der Waals surface area contributed by atoms with E-state index in [-0.39, 0.29) is 11.2 Å². The van der Waals surface area contributed by atoms with Gasteiger partial charge in [-0.15, -0.1) is 11.8 Å². The average molecular weight is 158 g/mol. The van der Waals surface area contributed by atoms with Gasteiger partial charge in [-0.3, -0.25) is 4.79 Å². The molecule has 0 aliphatic carbocycles. The van der Waals surface area contributed by atoms with E-state index >= 15 is 0 Å². The molecule has 0 amide bonds. The molecular formula is C7H10O2S. The molecule has 10 heavy (non-hydrogen) atoms. The molecule has 0 spiro atoms. The van der Waals surface area contributed by atoms with Gasteiger partial charge in [-0.1, -0.05) is 11.6 Å². The highest BCUT2D eigenvalue weighted by Gasteiger charge is 2.24. The fourth-order valence-electron chi connectivity index (χ4n) is 0.875. The number of ether oxygens (including phenoxy) is 1. The summed E-state index contributed by atoms with van der Waals surface area (Å²) in [7, 11) is 1.43. The molecule has 0 saturated carbocycles. The normalized spacial score (nSPS) is 24.2. The number of carbonyl (C=O) groups is 1. The molecule has 0 radical (unpaired) electrons. The Balaban J connectivity index is 2.57. The lowest BCUT2D eigenvalue weighted by Gasteiger charge is -2.06. The van der Waals surface area contributed by atoms with Gasteiger partial charge in [-0.25, -0.2) is 0 Å². The van der Waals surface area contributed by atoms with Crippen molar-refractivity contribution in [3.8, 4) is 0 Å². The van der Waals surface area contributed by atoms with E-state index < -0.39 is 0 Å². The highest BCUT2D eigenvalue weighted by atomic mass is 32.2. The molecule has 1 aliphatic heterocycles. The van der Waals surface area contributed by atoms with Gasteiger partial charge in [0.05, 0.1) is 7.11 Å². The molecule has 0 aromatic heterocycles. The topological polar surface area (TPSA) is 26.3 Å². The molecule has 0 aromatic carbocycles. The molecule has 0 bridgehead atoms. The fraction of sp³-hybridized carbons (Fsp3) is 0.571. The summed E-state index contributed by atoms with van der Waals surface area (Å²) in [5, 5.41) is -0.0370. The summed E-state index contributed by atoms with van der Waals surface area (Å²) in [6.45, 7) is 1.96. The van der Waals surface area contributed by atoms with Crippen LogP contribution in [0.4, 0.5) is 0 Å². The molecule has 0 saturated heterocycles. The molecule has 0 fully saturated rings. The third kappa shape index (κ3) is 1.34. The van der Waals surface area contributed by atoms with E-state index in [0.717, 1.165) is 11.3 Å². The van der Waals surface area contributed by atoms with E-state index in [1.165, 1.54) is 7.11 Å². The van der Waals surface area contributed by atoms with Gasteiger partial charge in [0.1, 0.15) is 5.25 Å². The molecular weight excluding hydrogens is 148 g/mol. The summed E-state index contributed by atoms with van der Waals surface area (Å²) in [6.07, 6.45) is 2.06. The van der Waals surface area contributed by atoms with Gasteiger partial charge >= 0.3 is 5.97 Å². The molecule has 56 valence electrons. The molecule has 0 N–H and O–H groups in total. The number of thioether (sulfide) groups is 1. The van der Waals surface area contributed by atoms with E-state index in [0.29, 0.717) is 0 Å². The maximum absolute atomic E-state index is 10.9. The predicted molar refractivity (Wildman–Crippen MR) is 42.0 cm³/mol. The van der Waals surface area contributed by atoms with Crippen molar-refractivity contribution < 1.29 is 9.53 Å². The minimum absolute atomic E-state index is 0.0370. The van der Waals surface area contributed by atoms with Gasteiger partial charge < -0.3 is 4.74 Å². The zero-order valence-corrected chi connectivity index (χ0v) is 6.90. The number of methoxy groups -OCH3 is 1. The second-order valence-electron chi connectivity index (χ2n) is 2.18. The predicted octanol–water partition coefficient (Wildman–Crippen LogP) is 1.22. The Labute approximate surface area is 64.6 Å². The van der Waals surface area contributed by atoms with Crippen LogP contribution in [0, 0.1) is 0 Å². The Morgan fingerprint density at radius 2 is 2.60 bits per heavy atom. The van der Waals surface area contributed by atoms with Crippen molar-refractivity contribution in [2.45, 2.75) is 12.2 Å². The molecule has 0 aromatic rings. The maximum atomic E-state index is 10.9. The van der Waals surface area contributed by atoms with Crippen LogP contribution in [0.15, 0.2) is 11.6 Å². The number of carbonyl (C=O) groups excluding carboxylic acids is 1. The molecule has 1 unspecified atom stereocenters. The van der Waals surface area contributed by atoms with Crippen LogP contribution in [0.3, 0.4) is 0 Å². The van der Waals surface area contributed by atoms with Crippen molar-refractivity contribution in [2.75, 3.05) is 12.9 Å². The highest BCUT2D eigenvalue weighted by Crippen LogP contribution is 2.26. The molecule has 1 aliphatic rings. The van der Waals surface area contributed by atoms with Crippen LogP contribution < -0.4 is 0 Å². The Kier molecular flexibility index (Phi) is 2.38. The van der Waals surface area contributed by atoms with Crippen LogP contribution in [0.5, 0.6) is 0 Å². The SMILES string of the molecule is COC(=O)C1SCC=C1C. The number of rotatable bonds is 1. The first-order valence-electron chi connectivity index (χ1n) is 3.12. The van der Waals surface area contributed by atoms with E-state index in [4.69, 9.17) is 0 Å². The first kappa shape index (κ1) is 7.66. The zero-order valence-electron chi connectivity index (χ0n) is 6.09. The Morgan fingerprint density at radius 3 is 3.00 bits per heavy atom.